The summed E-state index contributed by atoms with van der Waals surface area (Å²) in [6.45, 7) is 7.83. The Morgan fingerprint density at radius 3 is 1.59 bits per heavy atom. The van der Waals surface area contributed by atoms with Crippen molar-refractivity contribution >= 4 is 28.8 Å². The monoisotopic (exact) mass is 462 g/mol. The zero-order valence-electron chi connectivity index (χ0n) is 18.3. The van der Waals surface area contributed by atoms with Crippen molar-refractivity contribution in [1.29, 1.82) is 0 Å². The molecule has 0 aliphatic rings. The Kier molecular flexibility index (Phi) is 8.71. The molecule has 2 aromatic heterocycles. The molecule has 2 heterocycles. The molecule has 0 atom stereocenters. The SMILES string of the molecule is CC(=NCCNC(=S)NCCN=C(C)c1c(O)cc(C)oc1=O)c1c(O)cc(C)oc1=O. The average molecular weight is 463 g/mol. The molecular weight excluding hydrogens is 436 g/mol. The molecule has 0 aliphatic carbocycles. The molecule has 2 aromatic rings. The first-order valence-electron chi connectivity index (χ1n) is 9.82. The number of aromatic hydroxyl groups is 2. The molecule has 0 spiro atoms. The van der Waals surface area contributed by atoms with Crippen molar-refractivity contribution < 1.29 is 19.0 Å². The highest BCUT2D eigenvalue weighted by Crippen LogP contribution is 2.16. The van der Waals surface area contributed by atoms with Gasteiger partial charge in [0.25, 0.3) is 0 Å². The highest BCUT2D eigenvalue weighted by molar-refractivity contribution is 7.80. The largest absolute Gasteiger partial charge is 0.507 e. The predicted octanol–water partition coefficient (Wildman–Crippen LogP) is 1.40. The summed E-state index contributed by atoms with van der Waals surface area (Å²) in [4.78, 5) is 32.3. The van der Waals surface area contributed by atoms with Gasteiger partial charge in [0.15, 0.2) is 5.11 Å². The normalized spacial score (nSPS) is 12.0. The maximum atomic E-state index is 11.9. The van der Waals surface area contributed by atoms with Crippen LogP contribution in [0.2, 0.25) is 0 Å². The van der Waals surface area contributed by atoms with Crippen molar-refractivity contribution in [2.45, 2.75) is 27.7 Å². The first-order chi connectivity index (χ1) is 15.1. The van der Waals surface area contributed by atoms with Gasteiger partial charge in [-0.1, -0.05) is 0 Å². The lowest BCUT2D eigenvalue weighted by molar-refractivity contribution is 0.431. The highest BCUT2D eigenvalue weighted by atomic mass is 32.1. The molecule has 0 fully saturated rings. The van der Waals surface area contributed by atoms with Crippen molar-refractivity contribution in [2.24, 2.45) is 9.98 Å². The molecule has 0 saturated carbocycles. The van der Waals surface area contributed by atoms with E-state index in [1.807, 2.05) is 0 Å². The Morgan fingerprint density at radius 1 is 0.875 bits per heavy atom. The third-order valence-electron chi connectivity index (χ3n) is 4.32. The van der Waals surface area contributed by atoms with Crippen molar-refractivity contribution in [3.63, 3.8) is 0 Å². The zero-order valence-corrected chi connectivity index (χ0v) is 19.1. The van der Waals surface area contributed by atoms with Gasteiger partial charge in [-0.15, -0.1) is 0 Å². The average Bonchev–Trinajstić information content (AvgIpc) is 2.67. The van der Waals surface area contributed by atoms with Crippen LogP contribution in [0, 0.1) is 13.8 Å². The summed E-state index contributed by atoms with van der Waals surface area (Å²) in [5.41, 5.74) is -0.463. The Hall–Kier alpha value is -3.47. The van der Waals surface area contributed by atoms with Gasteiger partial charge in [-0.2, -0.15) is 0 Å². The van der Waals surface area contributed by atoms with E-state index >= 15 is 0 Å². The van der Waals surface area contributed by atoms with Crippen LogP contribution in [0.15, 0.2) is 40.5 Å². The van der Waals surface area contributed by atoms with Crippen LogP contribution in [0.5, 0.6) is 11.5 Å². The highest BCUT2D eigenvalue weighted by Gasteiger charge is 2.13. The summed E-state index contributed by atoms with van der Waals surface area (Å²) in [5.74, 6) is 0.303. The van der Waals surface area contributed by atoms with Crippen molar-refractivity contribution in [3.8, 4) is 11.5 Å². The summed E-state index contributed by atoms with van der Waals surface area (Å²) >= 11 is 5.18. The first kappa shape index (κ1) is 24.8. The summed E-state index contributed by atoms with van der Waals surface area (Å²) in [6.07, 6.45) is 0. The molecule has 10 nitrogen and oxygen atoms in total. The fourth-order valence-electron chi connectivity index (χ4n) is 2.86. The van der Waals surface area contributed by atoms with Crippen molar-refractivity contribution in [1.82, 2.24) is 10.6 Å². The number of nitrogens with zero attached hydrogens (tertiary/aromatic N) is 2. The molecule has 2 rings (SSSR count). The first-order valence-corrected chi connectivity index (χ1v) is 10.2. The number of aryl methyl sites for hydroxylation is 2. The summed E-state index contributed by atoms with van der Waals surface area (Å²) < 4.78 is 9.97. The summed E-state index contributed by atoms with van der Waals surface area (Å²) in [5, 5.41) is 26.2. The van der Waals surface area contributed by atoms with Gasteiger partial charge >= 0.3 is 11.3 Å². The van der Waals surface area contributed by atoms with Gasteiger partial charge in [0.05, 0.1) is 24.5 Å². The second-order valence-electron chi connectivity index (χ2n) is 6.93. The molecule has 172 valence electrons. The lowest BCUT2D eigenvalue weighted by Gasteiger charge is -2.09. The Bertz CT molecular complexity index is 1080. The van der Waals surface area contributed by atoms with Gasteiger partial charge in [-0.3, -0.25) is 9.98 Å². The van der Waals surface area contributed by atoms with Gasteiger partial charge in [0.2, 0.25) is 0 Å². The summed E-state index contributed by atoms with van der Waals surface area (Å²) in [7, 11) is 0. The van der Waals surface area contributed by atoms with Crippen LogP contribution in [-0.4, -0.2) is 52.9 Å². The minimum absolute atomic E-state index is 0.0400. The van der Waals surface area contributed by atoms with Crippen LogP contribution in [-0.2, 0) is 0 Å². The minimum atomic E-state index is -0.638. The van der Waals surface area contributed by atoms with E-state index in [-0.39, 0.29) is 22.6 Å². The van der Waals surface area contributed by atoms with Crippen LogP contribution in [0.4, 0.5) is 0 Å². The molecule has 0 aliphatic heterocycles. The zero-order chi connectivity index (χ0) is 23.8. The van der Waals surface area contributed by atoms with E-state index < -0.39 is 11.3 Å². The van der Waals surface area contributed by atoms with Crippen LogP contribution in [0.3, 0.4) is 0 Å². The van der Waals surface area contributed by atoms with Crippen LogP contribution < -0.4 is 21.9 Å². The molecule has 4 N–H and O–H groups in total. The van der Waals surface area contributed by atoms with E-state index in [0.29, 0.717) is 54.2 Å². The van der Waals surface area contributed by atoms with E-state index in [1.54, 1.807) is 27.7 Å². The lowest BCUT2D eigenvalue weighted by Crippen LogP contribution is -2.38. The smallest absolute Gasteiger partial charge is 0.348 e. The third kappa shape index (κ3) is 6.77. The quantitative estimate of drug-likeness (QED) is 0.259. The fraction of sp³-hybridized carbons (Fsp3) is 0.381. The Labute approximate surface area is 189 Å². The number of nitrogens with one attached hydrogen (secondary N) is 2. The molecule has 0 aromatic carbocycles. The molecule has 32 heavy (non-hydrogen) atoms. The molecule has 0 saturated heterocycles. The second-order valence-corrected chi connectivity index (χ2v) is 7.33. The van der Waals surface area contributed by atoms with Crippen LogP contribution in [0.25, 0.3) is 0 Å². The predicted molar refractivity (Wildman–Crippen MR) is 126 cm³/mol. The van der Waals surface area contributed by atoms with E-state index in [4.69, 9.17) is 21.1 Å². The molecule has 0 bridgehead atoms. The maximum Gasteiger partial charge on any atom is 0.348 e. The summed E-state index contributed by atoms with van der Waals surface area (Å²) in [6, 6.07) is 2.73. The van der Waals surface area contributed by atoms with E-state index in [9.17, 15) is 19.8 Å². The van der Waals surface area contributed by atoms with Gasteiger partial charge in [-0.25, -0.2) is 9.59 Å². The Morgan fingerprint density at radius 2 is 1.25 bits per heavy atom. The van der Waals surface area contributed by atoms with Crippen LogP contribution >= 0.6 is 12.2 Å². The van der Waals surface area contributed by atoms with Crippen LogP contribution in [0.1, 0.15) is 36.5 Å². The molecular formula is C21H26N4O6S. The molecule has 0 radical (unpaired) electrons. The standard InChI is InChI=1S/C21H26N4O6S/c1-11-9-15(26)17(19(28)30-11)13(3)22-5-7-24-21(32)25-8-6-23-14(4)18-16(27)10-12(2)31-20(18)29/h9-10,26-27H,5-8H2,1-4H3,(H2,24,25,32). The number of rotatable bonds is 8. The van der Waals surface area contributed by atoms with E-state index in [0.717, 1.165) is 0 Å². The molecule has 0 amide bonds. The maximum absolute atomic E-state index is 11.9. The number of hydrogen-bond donors (Lipinski definition) is 4. The molecule has 0 unspecified atom stereocenters. The van der Waals surface area contributed by atoms with Crippen molar-refractivity contribution in [3.05, 3.63) is 55.6 Å². The third-order valence-corrected chi connectivity index (χ3v) is 4.61. The van der Waals surface area contributed by atoms with Gasteiger partial charge in [0.1, 0.15) is 34.1 Å². The van der Waals surface area contributed by atoms with Gasteiger partial charge in [0, 0.05) is 25.2 Å². The topological polar surface area (TPSA) is 150 Å². The minimum Gasteiger partial charge on any atom is -0.507 e. The van der Waals surface area contributed by atoms with Gasteiger partial charge in [-0.05, 0) is 39.9 Å². The lowest BCUT2D eigenvalue weighted by atomic mass is 10.1. The second kappa shape index (κ2) is 11.2. The number of aliphatic imine (C=N–C) groups is 2. The fourth-order valence-corrected chi connectivity index (χ4v) is 3.07. The number of hydrogen-bond acceptors (Lipinski definition) is 9. The van der Waals surface area contributed by atoms with Gasteiger partial charge < -0.3 is 29.7 Å². The number of thiocarbonyl (C=S) groups is 1. The van der Waals surface area contributed by atoms with E-state index in [1.165, 1.54) is 12.1 Å². The van der Waals surface area contributed by atoms with E-state index in [2.05, 4.69) is 20.6 Å². The Balaban J connectivity index is 1.79. The molecule has 11 heteroatoms. The van der Waals surface area contributed by atoms with Crippen molar-refractivity contribution in [2.75, 3.05) is 26.2 Å².